The van der Waals surface area contributed by atoms with Gasteiger partial charge in [-0.05, 0) is 49.1 Å². The van der Waals surface area contributed by atoms with Crippen molar-refractivity contribution in [3.05, 3.63) is 45.9 Å². The number of carbonyl (C=O) groups is 2. The minimum Gasteiger partial charge on any atom is -0.481 e. The van der Waals surface area contributed by atoms with E-state index in [9.17, 15) is 14.0 Å². The van der Waals surface area contributed by atoms with Crippen molar-refractivity contribution < 1.29 is 19.1 Å². The topological polar surface area (TPSA) is 66.4 Å². The zero-order chi connectivity index (χ0) is 16.6. The van der Waals surface area contributed by atoms with Crippen molar-refractivity contribution >= 4 is 23.2 Å². The molecule has 0 saturated heterocycles. The summed E-state index contributed by atoms with van der Waals surface area (Å²) in [6.45, 7) is 1.92. The van der Waals surface area contributed by atoms with E-state index in [2.05, 4.69) is 5.32 Å². The first-order valence-corrected chi connectivity index (χ1v) is 8.15. The number of benzene rings is 1. The predicted molar refractivity (Wildman–Crippen MR) is 86.1 cm³/mol. The van der Waals surface area contributed by atoms with Gasteiger partial charge >= 0.3 is 5.97 Å². The lowest BCUT2D eigenvalue weighted by atomic mass is 9.80. The number of carboxylic acid groups (broad SMARTS) is 1. The van der Waals surface area contributed by atoms with Gasteiger partial charge in [0, 0.05) is 10.9 Å². The Morgan fingerprint density at radius 3 is 2.52 bits per heavy atom. The lowest BCUT2D eigenvalue weighted by Crippen LogP contribution is -2.46. The smallest absolute Gasteiger partial charge is 0.306 e. The van der Waals surface area contributed by atoms with E-state index in [0.717, 1.165) is 16.0 Å². The van der Waals surface area contributed by atoms with Gasteiger partial charge in [-0.25, -0.2) is 4.39 Å². The van der Waals surface area contributed by atoms with Crippen molar-refractivity contribution in [2.24, 2.45) is 5.92 Å². The molecule has 0 bridgehead atoms. The Morgan fingerprint density at radius 2 is 1.91 bits per heavy atom. The number of hydrogen-bond donors (Lipinski definition) is 2. The van der Waals surface area contributed by atoms with Crippen molar-refractivity contribution in [3.63, 3.8) is 0 Å². The van der Waals surface area contributed by atoms with Crippen molar-refractivity contribution in [1.29, 1.82) is 0 Å². The van der Waals surface area contributed by atoms with E-state index in [-0.39, 0.29) is 23.7 Å². The summed E-state index contributed by atoms with van der Waals surface area (Å²) in [6.07, 6.45) is 0.965. The fourth-order valence-corrected chi connectivity index (χ4v) is 3.65. The quantitative estimate of drug-likeness (QED) is 0.900. The lowest BCUT2D eigenvalue weighted by molar-refractivity contribution is -0.145. The number of halogens is 1. The third-order valence-electron chi connectivity index (χ3n) is 4.12. The fraction of sp³-hybridized carbons (Fsp3) is 0.294. The first-order chi connectivity index (χ1) is 10.9. The Kier molecular flexibility index (Phi) is 4.17. The molecule has 0 spiro atoms. The second kappa shape index (κ2) is 6.12. The molecule has 1 aliphatic carbocycles. The third kappa shape index (κ3) is 3.27. The molecule has 0 aliphatic heterocycles. The van der Waals surface area contributed by atoms with Crippen LogP contribution in [0.3, 0.4) is 0 Å². The number of nitrogens with one attached hydrogen (secondary N) is 1. The van der Waals surface area contributed by atoms with E-state index in [1.165, 1.54) is 23.5 Å². The second-order valence-corrected chi connectivity index (χ2v) is 7.02. The van der Waals surface area contributed by atoms with Gasteiger partial charge in [-0.1, -0.05) is 12.1 Å². The van der Waals surface area contributed by atoms with Crippen LogP contribution in [0.1, 0.15) is 27.4 Å². The van der Waals surface area contributed by atoms with E-state index in [4.69, 9.17) is 5.11 Å². The van der Waals surface area contributed by atoms with Crippen LogP contribution in [-0.2, 0) is 4.79 Å². The molecule has 1 heterocycles. The standard InChI is InChI=1S/C17H16FNO3S/c1-9-14(10-2-4-12(18)5-3-10)8-15(23-9)16(20)19-13-6-11(7-13)17(21)22/h2-5,8,11,13H,6-7H2,1H3,(H,19,20)(H,21,22). The normalized spacial score (nSPS) is 19.9. The number of carbonyl (C=O) groups excluding carboxylic acids is 1. The van der Waals surface area contributed by atoms with Gasteiger partial charge in [0.2, 0.25) is 0 Å². The number of rotatable bonds is 4. The SMILES string of the molecule is Cc1sc(C(=O)NC2CC(C(=O)O)C2)cc1-c1ccc(F)cc1. The van der Waals surface area contributed by atoms with Crippen LogP contribution < -0.4 is 5.32 Å². The van der Waals surface area contributed by atoms with Crippen LogP contribution in [0.5, 0.6) is 0 Å². The average molecular weight is 333 g/mol. The van der Waals surface area contributed by atoms with Gasteiger partial charge in [-0.3, -0.25) is 9.59 Å². The molecule has 1 aliphatic rings. The van der Waals surface area contributed by atoms with Crippen LogP contribution in [0, 0.1) is 18.7 Å². The highest BCUT2D eigenvalue weighted by Gasteiger charge is 2.35. The largest absolute Gasteiger partial charge is 0.481 e. The lowest BCUT2D eigenvalue weighted by Gasteiger charge is -2.32. The van der Waals surface area contributed by atoms with Crippen LogP contribution in [0.15, 0.2) is 30.3 Å². The number of aliphatic carboxylic acids is 1. The highest BCUT2D eigenvalue weighted by atomic mass is 32.1. The molecular formula is C17H16FNO3S. The van der Waals surface area contributed by atoms with Crippen LogP contribution in [-0.4, -0.2) is 23.0 Å². The van der Waals surface area contributed by atoms with E-state index in [0.29, 0.717) is 17.7 Å². The molecule has 1 saturated carbocycles. The first kappa shape index (κ1) is 15.7. The zero-order valence-electron chi connectivity index (χ0n) is 12.5. The van der Waals surface area contributed by atoms with Crippen LogP contribution >= 0.6 is 11.3 Å². The molecule has 1 fully saturated rings. The number of amides is 1. The maximum absolute atomic E-state index is 13.0. The summed E-state index contributed by atoms with van der Waals surface area (Å²) >= 11 is 1.38. The van der Waals surface area contributed by atoms with E-state index >= 15 is 0 Å². The first-order valence-electron chi connectivity index (χ1n) is 7.34. The van der Waals surface area contributed by atoms with Gasteiger partial charge in [0.25, 0.3) is 5.91 Å². The molecule has 0 unspecified atom stereocenters. The minimum absolute atomic E-state index is 0.0692. The Balaban J connectivity index is 1.69. The molecule has 2 aromatic rings. The molecular weight excluding hydrogens is 317 g/mol. The average Bonchev–Trinajstić information content (AvgIpc) is 2.84. The monoisotopic (exact) mass is 333 g/mol. The summed E-state index contributed by atoms with van der Waals surface area (Å²) in [6, 6.07) is 7.90. The highest BCUT2D eigenvalue weighted by molar-refractivity contribution is 7.14. The van der Waals surface area contributed by atoms with Gasteiger partial charge in [0.05, 0.1) is 10.8 Å². The summed E-state index contributed by atoms with van der Waals surface area (Å²) in [5.41, 5.74) is 1.78. The van der Waals surface area contributed by atoms with E-state index < -0.39 is 5.97 Å². The molecule has 2 N–H and O–H groups in total. The van der Waals surface area contributed by atoms with Gasteiger partial charge < -0.3 is 10.4 Å². The summed E-state index contributed by atoms with van der Waals surface area (Å²) in [4.78, 5) is 24.6. The van der Waals surface area contributed by atoms with Crippen LogP contribution in [0.25, 0.3) is 11.1 Å². The third-order valence-corrected chi connectivity index (χ3v) is 5.17. The molecule has 0 atom stereocenters. The fourth-order valence-electron chi connectivity index (χ4n) is 2.70. The maximum Gasteiger partial charge on any atom is 0.306 e. The van der Waals surface area contributed by atoms with Gasteiger partial charge in [-0.15, -0.1) is 11.3 Å². The molecule has 1 amide bonds. The van der Waals surface area contributed by atoms with E-state index in [1.54, 1.807) is 18.2 Å². The Bertz CT molecular complexity index is 748. The molecule has 1 aromatic heterocycles. The molecule has 3 rings (SSSR count). The Morgan fingerprint density at radius 1 is 1.26 bits per heavy atom. The van der Waals surface area contributed by atoms with Gasteiger partial charge in [0.1, 0.15) is 5.82 Å². The van der Waals surface area contributed by atoms with Crippen LogP contribution in [0.2, 0.25) is 0 Å². The molecule has 4 nitrogen and oxygen atoms in total. The van der Waals surface area contributed by atoms with Crippen molar-refractivity contribution in [2.75, 3.05) is 0 Å². The molecule has 1 aromatic carbocycles. The molecule has 23 heavy (non-hydrogen) atoms. The van der Waals surface area contributed by atoms with Gasteiger partial charge in [-0.2, -0.15) is 0 Å². The number of aryl methyl sites for hydroxylation is 1. The molecule has 120 valence electrons. The molecule has 0 radical (unpaired) electrons. The Hall–Kier alpha value is -2.21. The predicted octanol–water partition coefficient (Wildman–Crippen LogP) is 3.46. The maximum atomic E-state index is 13.0. The second-order valence-electron chi connectivity index (χ2n) is 5.76. The highest BCUT2D eigenvalue weighted by Crippen LogP contribution is 2.32. The zero-order valence-corrected chi connectivity index (χ0v) is 13.3. The summed E-state index contributed by atoms with van der Waals surface area (Å²) in [5.74, 6) is -1.63. The number of thiophene rings is 1. The summed E-state index contributed by atoms with van der Waals surface area (Å²) in [7, 11) is 0. The number of carboxylic acids is 1. The summed E-state index contributed by atoms with van der Waals surface area (Å²) in [5, 5.41) is 11.7. The van der Waals surface area contributed by atoms with Crippen molar-refractivity contribution in [2.45, 2.75) is 25.8 Å². The van der Waals surface area contributed by atoms with Crippen molar-refractivity contribution in [1.82, 2.24) is 5.32 Å². The minimum atomic E-state index is -0.805. The number of hydrogen-bond acceptors (Lipinski definition) is 3. The van der Waals surface area contributed by atoms with Gasteiger partial charge in [0.15, 0.2) is 0 Å². The van der Waals surface area contributed by atoms with Crippen molar-refractivity contribution in [3.8, 4) is 11.1 Å². The molecule has 6 heteroatoms. The summed E-state index contributed by atoms with van der Waals surface area (Å²) < 4.78 is 13.0. The van der Waals surface area contributed by atoms with Crippen LogP contribution in [0.4, 0.5) is 4.39 Å². The Labute approximate surface area is 137 Å². The van der Waals surface area contributed by atoms with E-state index in [1.807, 2.05) is 6.92 Å².